The summed E-state index contributed by atoms with van der Waals surface area (Å²) >= 11 is 5.05. The third-order valence-electron chi connectivity index (χ3n) is 3.35. The number of para-hydroxylation sites is 1. The fourth-order valence-corrected chi connectivity index (χ4v) is 2.27. The van der Waals surface area contributed by atoms with Crippen molar-refractivity contribution in [3.05, 3.63) is 30.3 Å². The van der Waals surface area contributed by atoms with Crippen LogP contribution in [0.1, 0.15) is 0 Å². The highest BCUT2D eigenvalue weighted by Crippen LogP contribution is 2.19. The van der Waals surface area contributed by atoms with Crippen molar-refractivity contribution in [2.75, 3.05) is 11.9 Å². The van der Waals surface area contributed by atoms with E-state index in [2.05, 4.69) is 15.8 Å². The van der Waals surface area contributed by atoms with Crippen molar-refractivity contribution < 1.29 is 25.2 Å². The van der Waals surface area contributed by atoms with Crippen LogP contribution in [0.25, 0.3) is 0 Å². The van der Waals surface area contributed by atoms with E-state index in [9.17, 15) is 15.3 Å². The van der Waals surface area contributed by atoms with Gasteiger partial charge in [0.05, 0.1) is 12.8 Å². The first-order valence-corrected chi connectivity index (χ1v) is 7.39. The Morgan fingerprint density at radius 1 is 1.17 bits per heavy atom. The van der Waals surface area contributed by atoms with Gasteiger partial charge in [0, 0.05) is 5.69 Å². The van der Waals surface area contributed by atoms with Crippen molar-refractivity contribution in [3.8, 4) is 0 Å². The van der Waals surface area contributed by atoms with Crippen molar-refractivity contribution in [2.45, 2.75) is 30.5 Å². The molecule has 0 amide bonds. The minimum atomic E-state index is -1.44. The van der Waals surface area contributed by atoms with Gasteiger partial charge in [0.2, 0.25) is 0 Å². The van der Waals surface area contributed by atoms with E-state index in [4.69, 9.17) is 22.1 Å². The third kappa shape index (κ3) is 4.67. The number of ether oxygens (including phenoxy) is 1. The van der Waals surface area contributed by atoms with Gasteiger partial charge in [0.15, 0.2) is 5.11 Å². The molecule has 126 valence electrons. The normalized spacial score (nSPS) is 31.0. The number of anilines is 1. The van der Waals surface area contributed by atoms with E-state index in [-0.39, 0.29) is 5.11 Å². The monoisotopic (exact) mass is 341 g/mol. The highest BCUT2D eigenvalue weighted by Gasteiger charge is 2.42. The van der Waals surface area contributed by atoms with Crippen LogP contribution in [0, 0.1) is 0 Å². The fourth-order valence-electron chi connectivity index (χ4n) is 2.10. The average Bonchev–Trinajstić information content (AvgIpc) is 2.56. The standard InChI is InChI=1S/C14H19N3O5S/c18-7-10-12(20)13(21)11(19)9(22-10)6-15-17-14(23)16-8-4-2-1-3-5-8/h1-6,9-13,18-21H,7H2,(H2,16,17,23)/b15-6+/t9-,10+,11-,12+,13+/m0/s1. The first-order chi connectivity index (χ1) is 11.0. The van der Waals surface area contributed by atoms with Crippen LogP contribution in [-0.4, -0.2) is 68.9 Å². The summed E-state index contributed by atoms with van der Waals surface area (Å²) in [6.45, 7) is -0.489. The lowest BCUT2D eigenvalue weighted by Crippen LogP contribution is -2.59. The van der Waals surface area contributed by atoms with Crippen LogP contribution < -0.4 is 10.7 Å². The number of aliphatic hydroxyl groups is 4. The summed E-state index contributed by atoms with van der Waals surface area (Å²) in [7, 11) is 0. The zero-order valence-corrected chi connectivity index (χ0v) is 12.9. The average molecular weight is 341 g/mol. The Morgan fingerprint density at radius 3 is 2.52 bits per heavy atom. The predicted octanol–water partition coefficient (Wildman–Crippen LogP) is -1.20. The summed E-state index contributed by atoms with van der Waals surface area (Å²) in [5.41, 5.74) is 3.34. The second-order valence-electron chi connectivity index (χ2n) is 5.00. The van der Waals surface area contributed by atoms with Crippen LogP contribution in [-0.2, 0) is 4.74 Å². The Labute approximate surface area is 138 Å². The number of hydrogen-bond donors (Lipinski definition) is 6. The fraction of sp³-hybridized carbons (Fsp3) is 0.429. The molecule has 1 aromatic rings. The number of benzene rings is 1. The zero-order chi connectivity index (χ0) is 16.8. The molecule has 1 aromatic carbocycles. The van der Waals surface area contributed by atoms with E-state index >= 15 is 0 Å². The first kappa shape index (κ1) is 17.7. The molecule has 1 aliphatic heterocycles. The topological polar surface area (TPSA) is 127 Å². The van der Waals surface area contributed by atoms with E-state index in [1.165, 1.54) is 6.21 Å². The zero-order valence-electron chi connectivity index (χ0n) is 12.1. The summed E-state index contributed by atoms with van der Waals surface area (Å²) in [5.74, 6) is 0. The molecule has 0 unspecified atom stereocenters. The van der Waals surface area contributed by atoms with Gasteiger partial charge in [-0.25, -0.2) is 0 Å². The van der Waals surface area contributed by atoms with Crippen LogP contribution in [0.3, 0.4) is 0 Å². The van der Waals surface area contributed by atoms with Crippen molar-refractivity contribution in [1.82, 2.24) is 5.43 Å². The molecular weight excluding hydrogens is 322 g/mol. The summed E-state index contributed by atoms with van der Waals surface area (Å²) in [6.07, 6.45) is -4.95. The molecular formula is C14H19N3O5S. The maximum absolute atomic E-state index is 9.84. The number of nitrogens with zero attached hydrogens (tertiary/aromatic N) is 1. The van der Waals surface area contributed by atoms with Crippen molar-refractivity contribution in [1.29, 1.82) is 0 Å². The van der Waals surface area contributed by atoms with Crippen LogP contribution in [0.5, 0.6) is 0 Å². The van der Waals surface area contributed by atoms with E-state index in [0.29, 0.717) is 0 Å². The SMILES string of the molecule is OC[C@H]1O[C@@H](/C=N/NC(=S)Nc2ccccc2)[C@H](O)[C@@H](O)[C@@H]1O. The van der Waals surface area contributed by atoms with Gasteiger partial charge in [-0.15, -0.1) is 0 Å². The number of hydrazone groups is 1. The quantitative estimate of drug-likeness (QED) is 0.229. The smallest absolute Gasteiger partial charge is 0.191 e. The highest BCUT2D eigenvalue weighted by atomic mass is 32.1. The number of hydrogen-bond acceptors (Lipinski definition) is 7. The van der Waals surface area contributed by atoms with Gasteiger partial charge in [0.1, 0.15) is 30.5 Å². The molecule has 2 rings (SSSR count). The first-order valence-electron chi connectivity index (χ1n) is 6.98. The molecule has 0 radical (unpaired) electrons. The summed E-state index contributed by atoms with van der Waals surface area (Å²) in [6, 6.07) is 9.23. The van der Waals surface area contributed by atoms with Crippen molar-refractivity contribution in [3.63, 3.8) is 0 Å². The molecule has 1 fully saturated rings. The third-order valence-corrected chi connectivity index (χ3v) is 3.54. The minimum Gasteiger partial charge on any atom is -0.394 e. The maximum atomic E-state index is 9.84. The summed E-state index contributed by atoms with van der Waals surface area (Å²) in [5, 5.41) is 45.2. The van der Waals surface area contributed by atoms with E-state index in [1.807, 2.05) is 30.3 Å². The lowest BCUT2D eigenvalue weighted by atomic mass is 9.96. The molecule has 8 nitrogen and oxygen atoms in total. The molecule has 0 spiro atoms. The molecule has 0 saturated carbocycles. The molecule has 9 heteroatoms. The molecule has 0 aromatic heterocycles. The van der Waals surface area contributed by atoms with Gasteiger partial charge in [0.25, 0.3) is 0 Å². The van der Waals surface area contributed by atoms with E-state index < -0.39 is 37.1 Å². The number of aliphatic hydroxyl groups excluding tert-OH is 4. The van der Waals surface area contributed by atoms with Gasteiger partial charge >= 0.3 is 0 Å². The van der Waals surface area contributed by atoms with E-state index in [0.717, 1.165) is 5.69 Å². The molecule has 23 heavy (non-hydrogen) atoms. The molecule has 0 bridgehead atoms. The maximum Gasteiger partial charge on any atom is 0.191 e. The van der Waals surface area contributed by atoms with Gasteiger partial charge in [-0.3, -0.25) is 5.43 Å². The molecule has 6 N–H and O–H groups in total. The number of thiocarbonyl (C=S) groups is 1. The van der Waals surface area contributed by atoms with Crippen LogP contribution in [0.4, 0.5) is 5.69 Å². The largest absolute Gasteiger partial charge is 0.394 e. The molecule has 1 aliphatic rings. The molecule has 5 atom stereocenters. The number of nitrogens with one attached hydrogen (secondary N) is 2. The predicted molar refractivity (Wildman–Crippen MR) is 88.1 cm³/mol. The van der Waals surface area contributed by atoms with Crippen LogP contribution >= 0.6 is 12.2 Å². The van der Waals surface area contributed by atoms with E-state index in [1.54, 1.807) is 0 Å². The Kier molecular flexibility index (Phi) is 6.39. The molecule has 1 heterocycles. The minimum absolute atomic E-state index is 0.233. The second-order valence-corrected chi connectivity index (χ2v) is 5.41. The second kappa shape index (κ2) is 8.29. The molecule has 0 aliphatic carbocycles. The van der Waals surface area contributed by atoms with Crippen LogP contribution in [0.2, 0.25) is 0 Å². The molecule has 1 saturated heterocycles. The highest BCUT2D eigenvalue weighted by molar-refractivity contribution is 7.80. The van der Waals surface area contributed by atoms with Gasteiger partial charge in [-0.1, -0.05) is 18.2 Å². The van der Waals surface area contributed by atoms with Crippen LogP contribution in [0.15, 0.2) is 35.4 Å². The Balaban J connectivity index is 1.88. The Hall–Kier alpha value is -1.62. The number of rotatable bonds is 4. The summed E-state index contributed by atoms with van der Waals surface area (Å²) < 4.78 is 5.27. The van der Waals surface area contributed by atoms with Gasteiger partial charge in [-0.05, 0) is 24.4 Å². The Bertz CT molecular complexity index is 542. The summed E-state index contributed by atoms with van der Waals surface area (Å²) in [4.78, 5) is 0. The lowest BCUT2D eigenvalue weighted by Gasteiger charge is -2.38. The Morgan fingerprint density at radius 2 is 1.87 bits per heavy atom. The lowest BCUT2D eigenvalue weighted by molar-refractivity contribution is -0.210. The van der Waals surface area contributed by atoms with Gasteiger partial charge in [-0.2, -0.15) is 5.10 Å². The van der Waals surface area contributed by atoms with Crippen molar-refractivity contribution >= 4 is 29.2 Å². The van der Waals surface area contributed by atoms with Crippen molar-refractivity contribution in [2.24, 2.45) is 5.10 Å². The van der Waals surface area contributed by atoms with Gasteiger partial charge < -0.3 is 30.5 Å².